The van der Waals surface area contributed by atoms with Gasteiger partial charge < -0.3 is 41.9 Å². The third-order valence-electron chi connectivity index (χ3n) is 8.77. The predicted molar refractivity (Wildman–Crippen MR) is 232 cm³/mol. The molecule has 0 atom stereocenters. The molecule has 0 radical (unpaired) electrons. The van der Waals surface area contributed by atoms with E-state index in [-0.39, 0.29) is 0 Å². The summed E-state index contributed by atoms with van der Waals surface area (Å²) in [6.07, 6.45) is 0. The molecule has 0 aliphatic rings. The zero-order chi connectivity index (χ0) is 39.6. The monoisotopic (exact) mass is 750 g/mol. The molecule has 0 unspecified atom stereocenters. The maximum absolute atomic E-state index is 5.97. The molecule has 0 amide bonds. The van der Waals surface area contributed by atoms with Gasteiger partial charge in [0, 0.05) is 47.0 Å². The molecule has 0 saturated heterocycles. The minimum Gasteiger partial charge on any atom is -0.457 e. The van der Waals surface area contributed by atoms with E-state index in [1.165, 1.54) is 0 Å². The van der Waals surface area contributed by atoms with Crippen LogP contribution in [0.15, 0.2) is 188 Å². The zero-order valence-corrected chi connectivity index (χ0v) is 31.3. The lowest BCUT2D eigenvalue weighted by atomic mass is 10.0. The Balaban J connectivity index is 0.000000174. The summed E-state index contributed by atoms with van der Waals surface area (Å²) in [6, 6.07) is 59.5. The molecular weight excluding hydrogens is 709 g/mol. The number of benzene rings is 8. The fraction of sp³-hybridized carbons (Fsp3) is 0.0204. The molecule has 57 heavy (non-hydrogen) atoms. The van der Waals surface area contributed by atoms with Crippen LogP contribution in [0.5, 0.6) is 46.0 Å². The smallest absolute Gasteiger partial charge is 0.130 e. The molecule has 0 aromatic heterocycles. The second kappa shape index (κ2) is 17.5. The Morgan fingerprint density at radius 1 is 0.281 bits per heavy atom. The Kier molecular flexibility index (Phi) is 11.5. The van der Waals surface area contributed by atoms with Gasteiger partial charge in [0.15, 0.2) is 0 Å². The van der Waals surface area contributed by atoms with Crippen LogP contribution in [0.2, 0.25) is 0 Å². The zero-order valence-electron chi connectivity index (χ0n) is 31.3. The molecule has 8 nitrogen and oxygen atoms in total. The van der Waals surface area contributed by atoms with Gasteiger partial charge >= 0.3 is 0 Å². The highest BCUT2D eigenvalue weighted by molar-refractivity contribution is 5.67. The van der Waals surface area contributed by atoms with Gasteiger partial charge in [0.25, 0.3) is 0 Å². The highest BCUT2D eigenvalue weighted by Gasteiger charge is 2.07. The third-order valence-corrected chi connectivity index (χ3v) is 8.77. The van der Waals surface area contributed by atoms with Crippen LogP contribution in [0.1, 0.15) is 5.56 Å². The topological polar surface area (TPSA) is 141 Å². The first-order valence-corrected chi connectivity index (χ1v) is 18.3. The van der Waals surface area contributed by atoms with Crippen molar-refractivity contribution in [3.05, 3.63) is 194 Å². The molecule has 0 bridgehead atoms. The van der Waals surface area contributed by atoms with Crippen molar-refractivity contribution < 1.29 is 18.9 Å². The van der Waals surface area contributed by atoms with Crippen LogP contribution in [-0.4, -0.2) is 0 Å². The molecule has 282 valence electrons. The summed E-state index contributed by atoms with van der Waals surface area (Å²) in [7, 11) is 0. The quantitative estimate of drug-likeness (QED) is 0.101. The Morgan fingerprint density at radius 2 is 0.579 bits per heavy atom. The lowest BCUT2D eigenvalue weighted by molar-refractivity contribution is 0.479. The molecule has 8 rings (SSSR count). The van der Waals surface area contributed by atoms with Crippen molar-refractivity contribution in [2.24, 2.45) is 0 Å². The molecule has 8 aromatic carbocycles. The summed E-state index contributed by atoms with van der Waals surface area (Å²) in [5, 5.41) is 0. The van der Waals surface area contributed by atoms with E-state index in [4.69, 9.17) is 41.9 Å². The van der Waals surface area contributed by atoms with Gasteiger partial charge in [-0.3, -0.25) is 0 Å². The SMILES string of the molecule is Cc1cc(-c2ccc(Oc3cccc(N)c3)cc2)ccc1Oc1cccc(N)c1.Nc1cccc(Oc2ccc(-c3ccc(Oc4cccc(N)c4)cc3)cc2)c1. The van der Waals surface area contributed by atoms with Crippen LogP contribution >= 0.6 is 0 Å². The van der Waals surface area contributed by atoms with E-state index < -0.39 is 0 Å². The largest absolute Gasteiger partial charge is 0.457 e. The summed E-state index contributed by atoms with van der Waals surface area (Å²) in [5.41, 5.74) is 31.3. The van der Waals surface area contributed by atoms with E-state index in [2.05, 4.69) is 6.07 Å². The van der Waals surface area contributed by atoms with Crippen molar-refractivity contribution in [2.75, 3.05) is 22.9 Å². The standard InChI is InChI=1S/C25H22N2O2.C24H20N2O2/c1-17-14-19(10-13-25(17)29-24-7-3-5-21(27)16-24)18-8-11-22(12-9-18)28-23-6-2-4-20(26)15-23;25-19-3-1-5-23(15-19)27-21-11-7-17(8-12-21)18-9-13-22(14-10-18)28-24-6-2-4-20(26)16-24/h2-16H,26-27H2,1H3;1-16H,25-26H2. The maximum atomic E-state index is 5.97. The molecule has 0 spiro atoms. The normalized spacial score (nSPS) is 10.5. The second-order valence-electron chi connectivity index (χ2n) is 13.3. The molecule has 8 N–H and O–H groups in total. The molecule has 0 saturated carbocycles. The number of rotatable bonds is 10. The van der Waals surface area contributed by atoms with Crippen LogP contribution in [-0.2, 0) is 0 Å². The van der Waals surface area contributed by atoms with Crippen LogP contribution in [0.4, 0.5) is 22.7 Å². The Morgan fingerprint density at radius 3 is 0.895 bits per heavy atom. The number of aryl methyl sites for hydroxylation is 1. The van der Waals surface area contributed by atoms with Gasteiger partial charge in [-0.2, -0.15) is 0 Å². The highest BCUT2D eigenvalue weighted by Crippen LogP contribution is 2.33. The average Bonchev–Trinajstić information content (AvgIpc) is 3.20. The van der Waals surface area contributed by atoms with Crippen molar-refractivity contribution in [1.29, 1.82) is 0 Å². The van der Waals surface area contributed by atoms with Gasteiger partial charge in [-0.15, -0.1) is 0 Å². The lowest BCUT2D eigenvalue weighted by Crippen LogP contribution is -1.91. The summed E-state index contributed by atoms with van der Waals surface area (Å²) in [5.74, 6) is 5.97. The first-order valence-electron chi connectivity index (χ1n) is 18.3. The van der Waals surface area contributed by atoms with Crippen molar-refractivity contribution in [2.45, 2.75) is 6.92 Å². The Hall–Kier alpha value is -7.84. The highest BCUT2D eigenvalue weighted by atomic mass is 16.5. The van der Waals surface area contributed by atoms with Gasteiger partial charge in [0.1, 0.15) is 46.0 Å². The fourth-order valence-corrected chi connectivity index (χ4v) is 5.94. The van der Waals surface area contributed by atoms with Gasteiger partial charge in [0.05, 0.1) is 0 Å². The Labute approximate surface area is 332 Å². The van der Waals surface area contributed by atoms with E-state index >= 15 is 0 Å². The number of ether oxygens (including phenoxy) is 4. The first-order chi connectivity index (χ1) is 27.7. The van der Waals surface area contributed by atoms with Gasteiger partial charge in [-0.25, -0.2) is 0 Å². The van der Waals surface area contributed by atoms with Gasteiger partial charge in [-0.1, -0.05) is 66.7 Å². The summed E-state index contributed by atoms with van der Waals surface area (Å²) < 4.78 is 23.5. The number of nitrogen functional groups attached to an aromatic ring is 4. The first kappa shape index (κ1) is 37.5. The van der Waals surface area contributed by atoms with Crippen molar-refractivity contribution in [1.82, 2.24) is 0 Å². The summed E-state index contributed by atoms with van der Waals surface area (Å²) in [6.45, 7) is 2.03. The number of hydrogen-bond donors (Lipinski definition) is 4. The Bertz CT molecular complexity index is 2480. The van der Waals surface area contributed by atoms with Crippen LogP contribution in [0.3, 0.4) is 0 Å². The van der Waals surface area contributed by atoms with E-state index in [1.807, 2.05) is 171 Å². The molecule has 8 heteroatoms. The minimum absolute atomic E-state index is 0.676. The molecule has 0 aliphatic heterocycles. The average molecular weight is 751 g/mol. The van der Waals surface area contributed by atoms with Gasteiger partial charge in [0.2, 0.25) is 0 Å². The van der Waals surface area contributed by atoms with E-state index in [1.54, 1.807) is 18.2 Å². The van der Waals surface area contributed by atoms with Crippen molar-refractivity contribution in [3.8, 4) is 68.2 Å². The molecule has 0 fully saturated rings. The third kappa shape index (κ3) is 10.4. The lowest BCUT2D eigenvalue weighted by Gasteiger charge is -2.12. The van der Waals surface area contributed by atoms with Crippen LogP contribution in [0, 0.1) is 6.92 Å². The minimum atomic E-state index is 0.676. The van der Waals surface area contributed by atoms with E-state index in [0.717, 1.165) is 73.8 Å². The van der Waals surface area contributed by atoms with Crippen molar-refractivity contribution >= 4 is 22.7 Å². The summed E-state index contributed by atoms with van der Waals surface area (Å²) in [4.78, 5) is 0. The summed E-state index contributed by atoms with van der Waals surface area (Å²) >= 11 is 0. The molecule has 8 aromatic rings. The van der Waals surface area contributed by atoms with Crippen LogP contribution < -0.4 is 41.9 Å². The van der Waals surface area contributed by atoms with Gasteiger partial charge in [-0.05, 0) is 132 Å². The second-order valence-corrected chi connectivity index (χ2v) is 13.3. The van der Waals surface area contributed by atoms with E-state index in [9.17, 15) is 0 Å². The molecule has 0 aliphatic carbocycles. The van der Waals surface area contributed by atoms with Crippen molar-refractivity contribution in [3.63, 3.8) is 0 Å². The number of hydrogen-bond acceptors (Lipinski definition) is 8. The molecular formula is C49H42N4O4. The number of anilines is 4. The maximum Gasteiger partial charge on any atom is 0.130 e. The van der Waals surface area contributed by atoms with Crippen LogP contribution in [0.25, 0.3) is 22.3 Å². The fourth-order valence-electron chi connectivity index (χ4n) is 5.94. The van der Waals surface area contributed by atoms with E-state index in [0.29, 0.717) is 22.7 Å². The number of nitrogens with two attached hydrogens (primary N) is 4. The predicted octanol–water partition coefficient (Wildman–Crippen LogP) is 12.5. The molecule has 0 heterocycles.